The van der Waals surface area contributed by atoms with E-state index in [0.29, 0.717) is 0 Å². The third-order valence-electron chi connectivity index (χ3n) is 5.03. The minimum atomic E-state index is 0.0677. The van der Waals surface area contributed by atoms with E-state index in [9.17, 15) is 4.79 Å². The smallest absolute Gasteiger partial charge is 0.259 e. The van der Waals surface area contributed by atoms with Gasteiger partial charge in [-0.1, -0.05) is 48.5 Å². The van der Waals surface area contributed by atoms with Crippen LogP contribution >= 0.6 is 22.6 Å². The summed E-state index contributed by atoms with van der Waals surface area (Å²) < 4.78 is 0.981. The quantitative estimate of drug-likeness (QED) is 0.487. The van der Waals surface area contributed by atoms with E-state index < -0.39 is 0 Å². The molecule has 1 aliphatic heterocycles. The number of carbonyl (C=O) groups excluding carboxylic acids is 1. The summed E-state index contributed by atoms with van der Waals surface area (Å²) in [5.41, 5.74) is 4.02. The monoisotopic (exact) mass is 468 g/mol. The molecule has 1 heterocycles. The zero-order valence-corrected chi connectivity index (χ0v) is 17.3. The Morgan fingerprint density at radius 2 is 1.63 bits per heavy atom. The van der Waals surface area contributed by atoms with Crippen LogP contribution in [0, 0.1) is 3.57 Å². The highest BCUT2D eigenvalue weighted by atomic mass is 127. The van der Waals surface area contributed by atoms with E-state index >= 15 is 0 Å². The number of nitrogens with one attached hydrogen (secondary N) is 1. The fraction of sp³-hybridized carbons (Fsp3) is 0.174. The lowest BCUT2D eigenvalue weighted by Gasteiger charge is -2.40. The summed E-state index contributed by atoms with van der Waals surface area (Å²) in [6.07, 6.45) is 0.862. The van der Waals surface area contributed by atoms with Crippen LogP contribution in [0.2, 0.25) is 0 Å². The van der Waals surface area contributed by atoms with Gasteiger partial charge in [0.05, 0.1) is 11.6 Å². The number of fused-ring (bicyclic) bond motifs is 1. The Labute approximate surface area is 173 Å². The summed E-state index contributed by atoms with van der Waals surface area (Å²) >= 11 is 2.24. The summed E-state index contributed by atoms with van der Waals surface area (Å²) in [7, 11) is 0. The molecule has 0 saturated carbocycles. The molecule has 0 radical (unpaired) electrons. The molecule has 0 aromatic heterocycles. The van der Waals surface area contributed by atoms with Crippen LogP contribution in [0.5, 0.6) is 0 Å². The van der Waals surface area contributed by atoms with Crippen molar-refractivity contribution in [2.75, 3.05) is 10.2 Å². The SMILES string of the molecule is C[C@H]1C[C@H](Nc2ccccc2)c2ccccc2N1C(=O)c1ccccc1I. The Hall–Kier alpha value is -2.34. The van der Waals surface area contributed by atoms with Crippen LogP contribution in [0.15, 0.2) is 78.9 Å². The highest BCUT2D eigenvalue weighted by molar-refractivity contribution is 14.1. The first-order valence-electron chi connectivity index (χ1n) is 9.14. The van der Waals surface area contributed by atoms with E-state index in [0.717, 1.165) is 26.9 Å². The second-order valence-corrected chi connectivity index (χ2v) is 8.02. The number of hydrogen-bond donors (Lipinski definition) is 1. The highest BCUT2D eigenvalue weighted by Gasteiger charge is 2.34. The second-order valence-electron chi connectivity index (χ2n) is 6.86. The molecule has 3 nitrogen and oxygen atoms in total. The molecule has 0 aliphatic carbocycles. The average Bonchev–Trinajstić information content (AvgIpc) is 2.69. The number of nitrogens with zero attached hydrogens (tertiary/aromatic N) is 1. The molecule has 0 spiro atoms. The van der Waals surface area contributed by atoms with E-state index in [1.165, 1.54) is 5.56 Å². The number of rotatable bonds is 3. The predicted molar refractivity (Wildman–Crippen MR) is 119 cm³/mol. The number of carbonyl (C=O) groups is 1. The van der Waals surface area contributed by atoms with Crippen molar-refractivity contribution in [2.45, 2.75) is 25.4 Å². The third kappa shape index (κ3) is 3.58. The van der Waals surface area contributed by atoms with Gasteiger partial charge in [0.2, 0.25) is 0 Å². The molecular formula is C23H21IN2O. The molecule has 1 amide bonds. The van der Waals surface area contributed by atoms with Crippen molar-refractivity contribution in [1.82, 2.24) is 0 Å². The Bertz CT molecular complexity index is 957. The van der Waals surface area contributed by atoms with Crippen molar-refractivity contribution in [3.63, 3.8) is 0 Å². The fourth-order valence-electron chi connectivity index (χ4n) is 3.76. The van der Waals surface area contributed by atoms with Gasteiger partial charge >= 0.3 is 0 Å². The predicted octanol–water partition coefficient (Wildman–Crippen LogP) is 5.88. The van der Waals surface area contributed by atoms with Gasteiger partial charge in [-0.25, -0.2) is 0 Å². The summed E-state index contributed by atoms with van der Waals surface area (Å²) in [4.78, 5) is 15.3. The van der Waals surface area contributed by atoms with E-state index in [4.69, 9.17) is 0 Å². The van der Waals surface area contributed by atoms with Crippen molar-refractivity contribution in [3.8, 4) is 0 Å². The van der Waals surface area contributed by atoms with Crippen LogP contribution < -0.4 is 10.2 Å². The summed E-state index contributed by atoms with van der Waals surface area (Å²) in [6.45, 7) is 2.13. The van der Waals surface area contributed by atoms with Gasteiger partial charge in [-0.15, -0.1) is 0 Å². The highest BCUT2D eigenvalue weighted by Crippen LogP contribution is 2.39. The van der Waals surface area contributed by atoms with Gasteiger partial charge in [0.15, 0.2) is 0 Å². The molecule has 0 unspecified atom stereocenters. The number of benzene rings is 3. The van der Waals surface area contributed by atoms with Gasteiger partial charge in [0, 0.05) is 21.0 Å². The normalized spacial score (nSPS) is 18.7. The Morgan fingerprint density at radius 3 is 2.41 bits per heavy atom. The second kappa shape index (κ2) is 7.72. The summed E-state index contributed by atoms with van der Waals surface area (Å²) in [5.74, 6) is 0.0677. The van der Waals surface area contributed by atoms with Gasteiger partial charge in [-0.2, -0.15) is 0 Å². The molecule has 1 N–H and O–H groups in total. The molecule has 0 saturated heterocycles. The lowest BCUT2D eigenvalue weighted by molar-refractivity contribution is 0.0973. The molecule has 0 bridgehead atoms. The molecule has 3 aromatic carbocycles. The average molecular weight is 468 g/mol. The molecule has 3 aromatic rings. The van der Waals surface area contributed by atoms with Gasteiger partial charge in [0.1, 0.15) is 0 Å². The van der Waals surface area contributed by atoms with Crippen molar-refractivity contribution in [3.05, 3.63) is 93.6 Å². The van der Waals surface area contributed by atoms with E-state index in [1.54, 1.807) is 0 Å². The Balaban J connectivity index is 1.71. The number of amides is 1. The first-order chi connectivity index (χ1) is 13.1. The van der Waals surface area contributed by atoms with Gasteiger partial charge in [-0.05, 0) is 71.8 Å². The van der Waals surface area contributed by atoms with Crippen LogP contribution in [0.1, 0.15) is 35.3 Å². The molecule has 27 heavy (non-hydrogen) atoms. The molecule has 4 rings (SSSR count). The maximum Gasteiger partial charge on any atom is 0.259 e. The standard InChI is InChI=1S/C23H21IN2O/c1-16-15-21(25-17-9-3-2-4-10-17)19-12-6-8-14-22(19)26(16)23(27)18-11-5-7-13-20(18)24/h2-14,16,21,25H,15H2,1H3/t16-,21-/m0/s1. The lowest BCUT2D eigenvalue weighted by atomic mass is 9.90. The zero-order valence-electron chi connectivity index (χ0n) is 15.1. The summed E-state index contributed by atoms with van der Waals surface area (Å²) in [5, 5.41) is 3.64. The maximum absolute atomic E-state index is 13.4. The molecule has 0 fully saturated rings. The Morgan fingerprint density at radius 1 is 0.963 bits per heavy atom. The maximum atomic E-state index is 13.4. The van der Waals surface area contributed by atoms with Crippen LogP contribution in [-0.4, -0.2) is 11.9 Å². The first-order valence-corrected chi connectivity index (χ1v) is 10.2. The van der Waals surface area contributed by atoms with E-state index in [-0.39, 0.29) is 18.0 Å². The van der Waals surface area contributed by atoms with Gasteiger partial charge in [-0.3, -0.25) is 4.79 Å². The van der Waals surface area contributed by atoms with Crippen molar-refractivity contribution in [1.29, 1.82) is 0 Å². The molecular weight excluding hydrogens is 447 g/mol. The number of anilines is 2. The van der Waals surface area contributed by atoms with Gasteiger partial charge in [0.25, 0.3) is 5.91 Å². The molecule has 136 valence electrons. The molecule has 1 aliphatic rings. The molecule has 2 atom stereocenters. The Kier molecular flexibility index (Phi) is 5.16. The van der Waals surface area contributed by atoms with Crippen LogP contribution in [0.25, 0.3) is 0 Å². The van der Waals surface area contributed by atoms with Crippen molar-refractivity contribution in [2.24, 2.45) is 0 Å². The zero-order chi connectivity index (χ0) is 18.8. The number of halogens is 1. The summed E-state index contributed by atoms with van der Waals surface area (Å²) in [6, 6.07) is 26.5. The largest absolute Gasteiger partial charge is 0.378 e. The minimum Gasteiger partial charge on any atom is -0.378 e. The van der Waals surface area contributed by atoms with Crippen molar-refractivity contribution < 1.29 is 4.79 Å². The fourth-order valence-corrected chi connectivity index (χ4v) is 4.38. The minimum absolute atomic E-state index is 0.0677. The number of para-hydroxylation sites is 2. The number of hydrogen-bond acceptors (Lipinski definition) is 2. The molecule has 4 heteroatoms. The third-order valence-corrected chi connectivity index (χ3v) is 5.97. The van der Waals surface area contributed by atoms with Gasteiger partial charge < -0.3 is 10.2 Å². The van der Waals surface area contributed by atoms with E-state index in [2.05, 4.69) is 59.1 Å². The van der Waals surface area contributed by atoms with Crippen molar-refractivity contribution >= 4 is 39.9 Å². The van der Waals surface area contributed by atoms with Crippen LogP contribution in [-0.2, 0) is 0 Å². The van der Waals surface area contributed by atoms with E-state index in [1.807, 2.05) is 59.5 Å². The first kappa shape index (κ1) is 18.0. The van der Waals surface area contributed by atoms with Crippen LogP contribution in [0.4, 0.5) is 11.4 Å². The topological polar surface area (TPSA) is 32.3 Å². The van der Waals surface area contributed by atoms with Crippen LogP contribution in [0.3, 0.4) is 0 Å². The lowest BCUT2D eigenvalue weighted by Crippen LogP contribution is -2.44.